The number of halogens is 4. The van der Waals surface area contributed by atoms with E-state index in [0.29, 0.717) is 13.2 Å². The van der Waals surface area contributed by atoms with Gasteiger partial charge in [0.15, 0.2) is 0 Å². The van der Waals surface area contributed by atoms with E-state index in [4.69, 9.17) is 4.74 Å². The van der Waals surface area contributed by atoms with Crippen molar-refractivity contribution in [2.75, 3.05) is 26.2 Å². The standard InChI is InChI=1S/C13H14BrF3N2O2/c14-8-1-2-10(11(5-8)13(15,16)17)12(20)19-7-9-6-18-3-4-21-9/h1-2,5,9,18H,3-4,6-7H2,(H,19,20). The van der Waals surface area contributed by atoms with Gasteiger partial charge in [-0.05, 0) is 18.2 Å². The van der Waals surface area contributed by atoms with E-state index < -0.39 is 23.2 Å². The van der Waals surface area contributed by atoms with Crippen LogP contribution in [-0.4, -0.2) is 38.3 Å². The molecule has 1 amide bonds. The van der Waals surface area contributed by atoms with Crippen LogP contribution >= 0.6 is 15.9 Å². The first-order valence-corrected chi connectivity index (χ1v) is 7.14. The SMILES string of the molecule is O=C(NCC1CNCCO1)c1ccc(Br)cc1C(F)(F)F. The Labute approximate surface area is 128 Å². The van der Waals surface area contributed by atoms with E-state index in [9.17, 15) is 18.0 Å². The second kappa shape index (κ2) is 6.76. The Bertz CT molecular complexity index is 517. The zero-order valence-corrected chi connectivity index (χ0v) is 12.6. The third-order valence-electron chi connectivity index (χ3n) is 3.03. The fourth-order valence-electron chi connectivity index (χ4n) is 2.00. The van der Waals surface area contributed by atoms with Gasteiger partial charge >= 0.3 is 6.18 Å². The van der Waals surface area contributed by atoms with E-state index in [1.807, 2.05) is 0 Å². The van der Waals surface area contributed by atoms with Crippen LogP contribution in [0.2, 0.25) is 0 Å². The first-order chi connectivity index (χ1) is 9.88. The second-order valence-corrected chi connectivity index (χ2v) is 5.51. The molecule has 21 heavy (non-hydrogen) atoms. The summed E-state index contributed by atoms with van der Waals surface area (Å²) in [6.07, 6.45) is -4.81. The van der Waals surface area contributed by atoms with Gasteiger partial charge in [-0.15, -0.1) is 0 Å². The van der Waals surface area contributed by atoms with E-state index >= 15 is 0 Å². The molecule has 0 radical (unpaired) electrons. The monoisotopic (exact) mass is 366 g/mol. The topological polar surface area (TPSA) is 50.4 Å². The van der Waals surface area contributed by atoms with Gasteiger partial charge in [-0.2, -0.15) is 13.2 Å². The van der Waals surface area contributed by atoms with E-state index in [1.165, 1.54) is 6.07 Å². The Balaban J connectivity index is 2.08. The number of amides is 1. The fraction of sp³-hybridized carbons (Fsp3) is 0.462. The van der Waals surface area contributed by atoms with Crippen LogP contribution in [0, 0.1) is 0 Å². The quantitative estimate of drug-likeness (QED) is 0.861. The lowest BCUT2D eigenvalue weighted by molar-refractivity contribution is -0.138. The Kier molecular flexibility index (Phi) is 5.23. The average molecular weight is 367 g/mol. The highest BCUT2D eigenvalue weighted by Gasteiger charge is 2.35. The van der Waals surface area contributed by atoms with Crippen molar-refractivity contribution in [1.29, 1.82) is 0 Å². The Morgan fingerprint density at radius 2 is 2.24 bits per heavy atom. The van der Waals surface area contributed by atoms with Crippen LogP contribution in [0.1, 0.15) is 15.9 Å². The molecule has 116 valence electrons. The van der Waals surface area contributed by atoms with Gasteiger partial charge in [-0.3, -0.25) is 4.79 Å². The number of hydrogen-bond donors (Lipinski definition) is 2. The molecule has 0 aliphatic carbocycles. The lowest BCUT2D eigenvalue weighted by Gasteiger charge is -2.24. The average Bonchev–Trinajstić information content (AvgIpc) is 2.45. The molecular formula is C13H14BrF3N2O2. The van der Waals surface area contributed by atoms with Crippen molar-refractivity contribution in [3.05, 3.63) is 33.8 Å². The van der Waals surface area contributed by atoms with Crippen LogP contribution < -0.4 is 10.6 Å². The number of ether oxygens (including phenoxy) is 1. The highest BCUT2D eigenvalue weighted by atomic mass is 79.9. The summed E-state index contributed by atoms with van der Waals surface area (Å²) in [5.74, 6) is -0.760. The summed E-state index contributed by atoms with van der Waals surface area (Å²) in [7, 11) is 0. The lowest BCUT2D eigenvalue weighted by Crippen LogP contribution is -2.45. The van der Waals surface area contributed by atoms with Crippen molar-refractivity contribution >= 4 is 21.8 Å². The smallest absolute Gasteiger partial charge is 0.374 e. The predicted molar refractivity (Wildman–Crippen MR) is 74.1 cm³/mol. The number of rotatable bonds is 3. The molecule has 0 bridgehead atoms. The molecular weight excluding hydrogens is 353 g/mol. The van der Waals surface area contributed by atoms with Gasteiger partial charge < -0.3 is 15.4 Å². The summed E-state index contributed by atoms with van der Waals surface area (Å²) in [6.45, 7) is 1.98. The van der Waals surface area contributed by atoms with Gasteiger partial charge in [0.25, 0.3) is 5.91 Å². The van der Waals surface area contributed by atoms with Crippen molar-refractivity contribution < 1.29 is 22.7 Å². The molecule has 1 saturated heterocycles. The summed E-state index contributed by atoms with van der Waals surface area (Å²) in [6, 6.07) is 3.46. The fourth-order valence-corrected chi connectivity index (χ4v) is 2.36. The Morgan fingerprint density at radius 1 is 1.48 bits per heavy atom. The van der Waals surface area contributed by atoms with Gasteiger partial charge in [0.05, 0.1) is 23.8 Å². The lowest BCUT2D eigenvalue weighted by atomic mass is 10.1. The second-order valence-electron chi connectivity index (χ2n) is 4.59. The molecule has 1 aromatic carbocycles. The summed E-state index contributed by atoms with van der Waals surface area (Å²) in [5.41, 5.74) is -1.36. The molecule has 1 atom stereocenters. The van der Waals surface area contributed by atoms with Crippen molar-refractivity contribution in [3.63, 3.8) is 0 Å². The number of nitrogens with one attached hydrogen (secondary N) is 2. The van der Waals surface area contributed by atoms with Crippen LogP contribution in [0.25, 0.3) is 0 Å². The molecule has 2 rings (SSSR count). The van der Waals surface area contributed by atoms with E-state index in [1.54, 1.807) is 0 Å². The maximum atomic E-state index is 12.9. The van der Waals surface area contributed by atoms with Crippen LogP contribution in [0.5, 0.6) is 0 Å². The van der Waals surface area contributed by atoms with Crippen LogP contribution in [0.15, 0.2) is 22.7 Å². The van der Waals surface area contributed by atoms with Crippen molar-refractivity contribution in [1.82, 2.24) is 10.6 Å². The van der Waals surface area contributed by atoms with Crippen molar-refractivity contribution in [2.45, 2.75) is 12.3 Å². The molecule has 1 aromatic rings. The van der Waals surface area contributed by atoms with Crippen LogP contribution in [0.4, 0.5) is 13.2 Å². The summed E-state index contributed by atoms with van der Waals surface area (Å²) in [5, 5.41) is 5.56. The van der Waals surface area contributed by atoms with Gasteiger partial charge in [-0.1, -0.05) is 15.9 Å². The number of hydrogen-bond acceptors (Lipinski definition) is 3. The Morgan fingerprint density at radius 3 is 2.86 bits per heavy atom. The minimum absolute atomic E-state index is 0.166. The number of benzene rings is 1. The van der Waals surface area contributed by atoms with Crippen molar-refractivity contribution in [2.24, 2.45) is 0 Å². The first kappa shape index (κ1) is 16.3. The molecule has 0 spiro atoms. The molecule has 1 aliphatic rings. The van der Waals surface area contributed by atoms with Gasteiger partial charge in [-0.25, -0.2) is 0 Å². The number of carbonyl (C=O) groups is 1. The largest absolute Gasteiger partial charge is 0.417 e. The van der Waals surface area contributed by atoms with E-state index in [-0.39, 0.29) is 17.1 Å². The maximum absolute atomic E-state index is 12.9. The van der Waals surface area contributed by atoms with E-state index in [2.05, 4.69) is 26.6 Å². The zero-order chi connectivity index (χ0) is 15.5. The highest BCUT2D eigenvalue weighted by Crippen LogP contribution is 2.33. The van der Waals surface area contributed by atoms with E-state index in [0.717, 1.165) is 18.7 Å². The molecule has 4 nitrogen and oxygen atoms in total. The summed E-state index contributed by atoms with van der Waals surface area (Å²) < 4.78 is 44.5. The summed E-state index contributed by atoms with van der Waals surface area (Å²) in [4.78, 5) is 12.0. The van der Waals surface area contributed by atoms with Gasteiger partial charge in [0.2, 0.25) is 0 Å². The molecule has 0 saturated carbocycles. The molecule has 2 N–H and O–H groups in total. The number of morpholine rings is 1. The number of alkyl halides is 3. The minimum Gasteiger partial charge on any atom is -0.374 e. The molecule has 1 unspecified atom stereocenters. The highest BCUT2D eigenvalue weighted by molar-refractivity contribution is 9.10. The maximum Gasteiger partial charge on any atom is 0.417 e. The minimum atomic E-state index is -4.58. The Hall–Kier alpha value is -1.12. The third-order valence-corrected chi connectivity index (χ3v) is 3.52. The molecule has 1 aliphatic heterocycles. The van der Waals surface area contributed by atoms with Crippen molar-refractivity contribution in [3.8, 4) is 0 Å². The molecule has 8 heteroatoms. The predicted octanol–water partition coefficient (Wildman–Crippen LogP) is 2.19. The van der Waals surface area contributed by atoms with Gasteiger partial charge in [0, 0.05) is 24.1 Å². The third kappa shape index (κ3) is 4.42. The van der Waals surface area contributed by atoms with Crippen LogP contribution in [0.3, 0.4) is 0 Å². The normalized spacial score (nSPS) is 19.3. The summed E-state index contributed by atoms with van der Waals surface area (Å²) >= 11 is 2.98. The molecule has 0 aromatic heterocycles. The van der Waals surface area contributed by atoms with Gasteiger partial charge in [0.1, 0.15) is 0 Å². The molecule has 1 fully saturated rings. The first-order valence-electron chi connectivity index (χ1n) is 6.35. The number of carbonyl (C=O) groups excluding carboxylic acids is 1. The zero-order valence-electron chi connectivity index (χ0n) is 11.0. The molecule has 1 heterocycles. The van der Waals surface area contributed by atoms with Crippen LogP contribution in [-0.2, 0) is 10.9 Å².